The number of nitro groups is 1. The standard InChI is InChI=1S/C21H21ClFN5O2/c1-3-15(13-24-2)9-10-16-12-20(27-18-7-4-6-17(22)21(18)23)26-14-25-11-5-8-19(16)28(29)30/h4-8,11-12,14-15,24H,3,13H2,1-2H3,(H,25,26,27). The predicted molar refractivity (Wildman–Crippen MR) is 116 cm³/mol. The number of anilines is 2. The lowest BCUT2D eigenvalue weighted by atomic mass is 10.1. The van der Waals surface area contributed by atoms with Crippen LogP contribution in [0.5, 0.6) is 0 Å². The monoisotopic (exact) mass is 429 g/mol. The molecule has 0 saturated heterocycles. The first-order chi connectivity index (χ1) is 14.5. The second-order valence-electron chi connectivity index (χ2n) is 6.15. The lowest BCUT2D eigenvalue weighted by Gasteiger charge is -2.07. The highest BCUT2D eigenvalue weighted by Crippen LogP contribution is 2.25. The number of halogens is 2. The van der Waals surface area contributed by atoms with Gasteiger partial charge in [0.25, 0.3) is 5.69 Å². The second kappa shape index (κ2) is 11.7. The van der Waals surface area contributed by atoms with Crippen molar-refractivity contribution in [2.75, 3.05) is 18.9 Å². The fraction of sp³-hybridized carbons (Fsp3) is 0.238. The first-order valence-corrected chi connectivity index (χ1v) is 9.54. The van der Waals surface area contributed by atoms with Crippen LogP contribution in [-0.2, 0) is 0 Å². The highest BCUT2D eigenvalue weighted by Gasteiger charge is 2.12. The molecule has 0 bridgehead atoms. The third-order valence-electron chi connectivity index (χ3n) is 4.01. The van der Waals surface area contributed by atoms with E-state index in [0.29, 0.717) is 6.54 Å². The number of hydrogen-bond acceptors (Lipinski definition) is 6. The van der Waals surface area contributed by atoms with E-state index in [1.54, 1.807) is 6.07 Å². The Hall–Kier alpha value is -3.28. The van der Waals surface area contributed by atoms with Crippen molar-refractivity contribution in [1.82, 2.24) is 15.3 Å². The summed E-state index contributed by atoms with van der Waals surface area (Å²) >= 11 is 5.83. The fourth-order valence-corrected chi connectivity index (χ4v) is 2.62. The largest absolute Gasteiger partial charge is 0.338 e. The molecule has 156 valence electrons. The minimum Gasteiger partial charge on any atom is -0.338 e. The van der Waals surface area contributed by atoms with Crippen molar-refractivity contribution in [1.29, 1.82) is 0 Å². The van der Waals surface area contributed by atoms with Gasteiger partial charge >= 0.3 is 0 Å². The van der Waals surface area contributed by atoms with E-state index in [9.17, 15) is 14.5 Å². The molecule has 0 aliphatic carbocycles. The molecule has 1 unspecified atom stereocenters. The van der Waals surface area contributed by atoms with E-state index in [4.69, 9.17) is 11.6 Å². The summed E-state index contributed by atoms with van der Waals surface area (Å²) in [7, 11) is 1.81. The average Bonchev–Trinajstić information content (AvgIpc) is 2.72. The Kier molecular flexibility index (Phi) is 8.94. The molecule has 0 amide bonds. The molecule has 0 aliphatic heterocycles. The molecular weight excluding hydrogens is 409 g/mol. The maximum Gasteiger partial charge on any atom is 0.285 e. The Morgan fingerprint density at radius 1 is 1.33 bits per heavy atom. The number of rotatable bonds is 6. The van der Waals surface area contributed by atoms with Crippen LogP contribution < -0.4 is 10.6 Å². The van der Waals surface area contributed by atoms with Gasteiger partial charge < -0.3 is 10.6 Å². The van der Waals surface area contributed by atoms with Crippen LogP contribution in [0.4, 0.5) is 21.6 Å². The molecule has 9 heteroatoms. The summed E-state index contributed by atoms with van der Waals surface area (Å²) in [6, 6.07) is 8.58. The van der Waals surface area contributed by atoms with Crippen LogP contribution in [0.3, 0.4) is 0 Å². The van der Waals surface area contributed by atoms with Crippen LogP contribution in [0.1, 0.15) is 18.9 Å². The second-order valence-corrected chi connectivity index (χ2v) is 6.55. The summed E-state index contributed by atoms with van der Waals surface area (Å²) in [6.07, 6.45) is 3.37. The van der Waals surface area contributed by atoms with E-state index in [1.165, 1.54) is 42.9 Å². The van der Waals surface area contributed by atoms with Crippen LogP contribution >= 0.6 is 11.6 Å². The van der Waals surface area contributed by atoms with Crippen molar-refractivity contribution in [3.63, 3.8) is 0 Å². The molecule has 1 aromatic heterocycles. The Bertz CT molecular complexity index is 1020. The molecule has 1 aromatic carbocycles. The fourth-order valence-electron chi connectivity index (χ4n) is 2.45. The van der Waals surface area contributed by atoms with Crippen molar-refractivity contribution >= 4 is 28.8 Å². The van der Waals surface area contributed by atoms with E-state index in [-0.39, 0.29) is 33.7 Å². The molecule has 2 aromatic rings. The molecule has 0 radical (unpaired) electrons. The quantitative estimate of drug-likeness (QED) is 0.394. The molecule has 2 N–H and O–H groups in total. The topological polar surface area (TPSA) is 93.0 Å². The zero-order valence-corrected chi connectivity index (χ0v) is 17.3. The number of aromatic nitrogens is 2. The zero-order valence-electron chi connectivity index (χ0n) is 16.5. The molecule has 1 atom stereocenters. The summed E-state index contributed by atoms with van der Waals surface area (Å²) in [4.78, 5) is 19.1. The molecule has 0 saturated carbocycles. The molecule has 30 heavy (non-hydrogen) atoms. The summed E-state index contributed by atoms with van der Waals surface area (Å²) < 4.78 is 14.3. The first kappa shape index (κ1) is 23.0. The normalized spacial score (nSPS) is 10.9. The van der Waals surface area contributed by atoms with Crippen LogP contribution in [0.15, 0.2) is 48.9 Å². The Morgan fingerprint density at radius 3 is 2.83 bits per heavy atom. The summed E-state index contributed by atoms with van der Waals surface area (Å²) in [6.45, 7) is 2.63. The molecule has 0 fully saturated rings. The van der Waals surface area contributed by atoms with Gasteiger partial charge in [0, 0.05) is 30.8 Å². The van der Waals surface area contributed by atoms with Crippen LogP contribution in [0.2, 0.25) is 5.02 Å². The van der Waals surface area contributed by atoms with Gasteiger partial charge in [-0.25, -0.2) is 14.4 Å². The molecule has 1 heterocycles. The van der Waals surface area contributed by atoms with Gasteiger partial charge in [0.05, 0.1) is 15.6 Å². The van der Waals surface area contributed by atoms with E-state index in [2.05, 4.69) is 32.4 Å². The zero-order chi connectivity index (χ0) is 21.9. The van der Waals surface area contributed by atoms with E-state index >= 15 is 0 Å². The number of nitrogens with zero attached hydrogens (tertiary/aromatic N) is 3. The Morgan fingerprint density at radius 2 is 2.13 bits per heavy atom. The van der Waals surface area contributed by atoms with Crippen LogP contribution in [-0.4, -0.2) is 28.5 Å². The van der Waals surface area contributed by atoms with Gasteiger partial charge in [-0.1, -0.05) is 36.4 Å². The number of hydrogen-bond donors (Lipinski definition) is 2. The van der Waals surface area contributed by atoms with Crippen molar-refractivity contribution < 1.29 is 9.31 Å². The minimum atomic E-state index is -0.665. The maximum absolute atomic E-state index is 14.3. The third-order valence-corrected chi connectivity index (χ3v) is 4.30. The molecule has 2 rings (SSSR count). The van der Waals surface area contributed by atoms with Gasteiger partial charge in [-0.2, -0.15) is 0 Å². The van der Waals surface area contributed by atoms with E-state index in [1.807, 2.05) is 14.0 Å². The summed E-state index contributed by atoms with van der Waals surface area (Å²) in [5.41, 5.74) is -0.0292. The van der Waals surface area contributed by atoms with Crippen molar-refractivity contribution in [3.05, 3.63) is 75.4 Å². The molecule has 0 spiro atoms. The predicted octanol–water partition coefficient (Wildman–Crippen LogP) is 4.64. The SMILES string of the molecule is CCC(C#Cc1cc(Nc2cccc(Cl)c2F)ncncccc1[N+](=O)[O-])CNC. The first-order valence-electron chi connectivity index (χ1n) is 9.16. The van der Waals surface area contributed by atoms with Crippen molar-refractivity contribution in [3.8, 4) is 11.8 Å². The number of benzene rings is 1. The highest BCUT2D eigenvalue weighted by molar-refractivity contribution is 6.31. The van der Waals surface area contributed by atoms with Gasteiger partial charge in [-0.3, -0.25) is 10.1 Å². The molecular formula is C21H21ClFN5O2. The van der Waals surface area contributed by atoms with Gasteiger partial charge in [-0.15, -0.1) is 0 Å². The Balaban J connectivity index is 2.66. The van der Waals surface area contributed by atoms with E-state index < -0.39 is 10.7 Å². The summed E-state index contributed by atoms with van der Waals surface area (Å²) in [5, 5.41) is 17.4. The van der Waals surface area contributed by atoms with Crippen LogP contribution in [0.25, 0.3) is 0 Å². The average molecular weight is 430 g/mol. The van der Waals surface area contributed by atoms with E-state index in [0.717, 1.165) is 6.42 Å². The lowest BCUT2D eigenvalue weighted by Crippen LogP contribution is -2.16. The van der Waals surface area contributed by atoms with Gasteiger partial charge in [0.2, 0.25) is 0 Å². The van der Waals surface area contributed by atoms with Gasteiger partial charge in [0.1, 0.15) is 17.7 Å². The van der Waals surface area contributed by atoms with Crippen LogP contribution in [0, 0.1) is 33.7 Å². The smallest absolute Gasteiger partial charge is 0.285 e. The highest BCUT2D eigenvalue weighted by atomic mass is 35.5. The van der Waals surface area contributed by atoms with Gasteiger partial charge in [0.15, 0.2) is 5.82 Å². The molecule has 0 aliphatic rings. The van der Waals surface area contributed by atoms with Crippen molar-refractivity contribution in [2.24, 2.45) is 5.92 Å². The Labute approximate surface area is 179 Å². The van der Waals surface area contributed by atoms with Crippen molar-refractivity contribution in [2.45, 2.75) is 13.3 Å². The summed E-state index contributed by atoms with van der Waals surface area (Å²) in [5.74, 6) is 5.40. The lowest BCUT2D eigenvalue weighted by molar-refractivity contribution is -0.385. The minimum absolute atomic E-state index is 0.00939. The molecule has 7 nitrogen and oxygen atoms in total. The number of nitrogens with one attached hydrogen (secondary N) is 2. The third kappa shape index (κ3) is 6.65. The maximum atomic E-state index is 14.3. The van der Waals surface area contributed by atoms with Gasteiger partial charge in [-0.05, 0) is 31.7 Å².